The minimum atomic E-state index is -0.452. The number of hydrogen-bond donors (Lipinski definition) is 1. The third kappa shape index (κ3) is 4.78. The maximum absolute atomic E-state index is 12.9. The van der Waals surface area contributed by atoms with E-state index in [1.165, 1.54) is 0 Å². The summed E-state index contributed by atoms with van der Waals surface area (Å²) < 4.78 is 5.12. The van der Waals surface area contributed by atoms with E-state index in [4.69, 9.17) is 4.74 Å². The van der Waals surface area contributed by atoms with Gasteiger partial charge in [-0.1, -0.05) is 23.9 Å². The van der Waals surface area contributed by atoms with Gasteiger partial charge in [-0.25, -0.2) is 15.0 Å². The summed E-state index contributed by atoms with van der Waals surface area (Å²) in [6.45, 7) is 0. The molecule has 9 nitrogen and oxygen atoms in total. The SMILES string of the molecule is COc1ccc(C(=O)CSc2nc3nc(-c4ccccn4)c(-c4ccccn4)nc3c(=O)[nH]2)cc1. The summed E-state index contributed by atoms with van der Waals surface area (Å²) in [7, 11) is 1.57. The molecule has 0 atom stereocenters. The summed E-state index contributed by atoms with van der Waals surface area (Å²) in [5.41, 5.74) is 2.35. The molecule has 1 N–H and O–H groups in total. The number of aromatic amines is 1. The number of rotatable bonds is 7. The molecule has 10 heteroatoms. The Balaban J connectivity index is 1.51. The molecule has 5 rings (SSSR count). The first-order valence-corrected chi connectivity index (χ1v) is 11.6. The molecule has 0 spiro atoms. The van der Waals surface area contributed by atoms with E-state index in [0.717, 1.165) is 11.8 Å². The second-order valence-electron chi connectivity index (χ2n) is 7.33. The van der Waals surface area contributed by atoms with E-state index in [1.54, 1.807) is 68.0 Å². The van der Waals surface area contributed by atoms with Crippen molar-refractivity contribution in [1.29, 1.82) is 0 Å². The van der Waals surface area contributed by atoms with Gasteiger partial charge in [0.15, 0.2) is 22.1 Å². The Hall–Kier alpha value is -4.44. The molecule has 4 heterocycles. The highest BCUT2D eigenvalue weighted by Gasteiger charge is 2.18. The lowest BCUT2D eigenvalue weighted by molar-refractivity contribution is 0.102. The van der Waals surface area contributed by atoms with E-state index >= 15 is 0 Å². The van der Waals surface area contributed by atoms with Crippen molar-refractivity contribution in [3.05, 3.63) is 89.0 Å². The van der Waals surface area contributed by atoms with Crippen molar-refractivity contribution in [3.63, 3.8) is 0 Å². The number of methoxy groups -OCH3 is 1. The Bertz CT molecular complexity index is 1560. The van der Waals surface area contributed by atoms with Crippen LogP contribution < -0.4 is 10.3 Å². The van der Waals surface area contributed by atoms with E-state index in [2.05, 4.69) is 29.9 Å². The van der Waals surface area contributed by atoms with Gasteiger partial charge in [0.1, 0.15) is 17.1 Å². The summed E-state index contributed by atoms with van der Waals surface area (Å²) in [5, 5.41) is 0.274. The number of ketones is 1. The number of Topliss-reactive ketones (excluding diaryl/α,β-unsaturated/α-hetero) is 1. The van der Waals surface area contributed by atoms with Crippen molar-refractivity contribution in [2.45, 2.75) is 5.16 Å². The average molecular weight is 483 g/mol. The molecule has 0 amide bonds. The molecule has 0 aliphatic heterocycles. The second kappa shape index (κ2) is 9.82. The number of H-pyrrole nitrogens is 1. The summed E-state index contributed by atoms with van der Waals surface area (Å²) in [5.74, 6) is 0.654. The molecular formula is C25H18N6O3S. The standard InChI is InChI=1S/C25H18N6O3S/c1-34-16-10-8-15(9-11-16)19(32)14-35-25-30-23-22(24(33)31-25)28-20(17-6-2-4-12-26-17)21(29-23)18-7-3-5-13-27-18/h2-13H,14H2,1H3,(H,29,30,31,33). The van der Waals surface area contributed by atoms with Crippen LogP contribution in [0, 0.1) is 0 Å². The normalized spacial score (nSPS) is 10.9. The Labute approximate surface area is 203 Å². The van der Waals surface area contributed by atoms with E-state index in [9.17, 15) is 9.59 Å². The number of nitrogens with zero attached hydrogens (tertiary/aromatic N) is 5. The summed E-state index contributed by atoms with van der Waals surface area (Å²) >= 11 is 1.12. The third-order valence-corrected chi connectivity index (χ3v) is 5.96. The van der Waals surface area contributed by atoms with Gasteiger partial charge < -0.3 is 4.74 Å². The van der Waals surface area contributed by atoms with E-state index < -0.39 is 5.56 Å². The lowest BCUT2D eigenvalue weighted by Gasteiger charge is -2.09. The largest absolute Gasteiger partial charge is 0.497 e. The minimum absolute atomic E-state index is 0.0798. The molecular weight excluding hydrogens is 464 g/mol. The molecule has 0 bridgehead atoms. The third-order valence-electron chi connectivity index (χ3n) is 5.09. The van der Waals surface area contributed by atoms with Crippen molar-refractivity contribution in [2.75, 3.05) is 12.9 Å². The van der Waals surface area contributed by atoms with Gasteiger partial charge in [0.05, 0.1) is 24.3 Å². The molecule has 5 aromatic rings. The summed E-state index contributed by atoms with van der Waals surface area (Å²) in [6, 6.07) is 17.7. The van der Waals surface area contributed by atoms with Crippen LogP contribution in [0.1, 0.15) is 10.4 Å². The monoisotopic (exact) mass is 482 g/mol. The van der Waals surface area contributed by atoms with Crippen LogP contribution in [0.2, 0.25) is 0 Å². The first-order valence-electron chi connectivity index (χ1n) is 10.6. The second-order valence-corrected chi connectivity index (χ2v) is 8.30. The van der Waals surface area contributed by atoms with Crippen LogP contribution >= 0.6 is 11.8 Å². The predicted octanol–water partition coefficient (Wildman–Crippen LogP) is 3.82. The summed E-state index contributed by atoms with van der Waals surface area (Å²) in [6.07, 6.45) is 3.30. The molecule has 1 aromatic carbocycles. The molecule has 4 aromatic heterocycles. The zero-order valence-electron chi connectivity index (χ0n) is 18.5. The number of nitrogens with one attached hydrogen (secondary N) is 1. The van der Waals surface area contributed by atoms with Crippen molar-refractivity contribution < 1.29 is 9.53 Å². The molecule has 35 heavy (non-hydrogen) atoms. The lowest BCUT2D eigenvalue weighted by Crippen LogP contribution is -2.14. The van der Waals surface area contributed by atoms with Gasteiger partial charge in [-0.15, -0.1) is 0 Å². The number of fused-ring (bicyclic) bond motifs is 1. The highest BCUT2D eigenvalue weighted by atomic mass is 32.2. The van der Waals surface area contributed by atoms with E-state index in [0.29, 0.717) is 34.1 Å². The van der Waals surface area contributed by atoms with Crippen LogP contribution in [0.5, 0.6) is 5.75 Å². The van der Waals surface area contributed by atoms with Crippen LogP contribution in [0.15, 0.2) is 83.0 Å². The average Bonchev–Trinajstić information content (AvgIpc) is 2.92. The van der Waals surface area contributed by atoms with Gasteiger partial charge in [0, 0.05) is 18.0 Å². The van der Waals surface area contributed by atoms with E-state index in [1.807, 2.05) is 12.1 Å². The number of carbonyl (C=O) groups excluding carboxylic acids is 1. The van der Waals surface area contributed by atoms with Crippen LogP contribution in [0.4, 0.5) is 0 Å². The Morgan fingerprint density at radius 1 is 0.886 bits per heavy atom. The Morgan fingerprint density at radius 2 is 1.54 bits per heavy atom. The lowest BCUT2D eigenvalue weighted by atomic mass is 10.1. The molecule has 172 valence electrons. The van der Waals surface area contributed by atoms with Crippen LogP contribution in [0.3, 0.4) is 0 Å². The first-order chi connectivity index (χ1) is 17.1. The van der Waals surface area contributed by atoms with Crippen molar-refractivity contribution in [2.24, 2.45) is 0 Å². The van der Waals surface area contributed by atoms with Gasteiger partial charge in [0.25, 0.3) is 5.56 Å². The molecule has 0 aliphatic rings. The predicted molar refractivity (Wildman–Crippen MR) is 132 cm³/mol. The number of ether oxygens (including phenoxy) is 1. The Morgan fingerprint density at radius 3 is 2.14 bits per heavy atom. The molecule has 0 radical (unpaired) electrons. The molecule has 0 fully saturated rings. The fourth-order valence-electron chi connectivity index (χ4n) is 3.36. The molecule has 0 saturated heterocycles. The zero-order valence-corrected chi connectivity index (χ0v) is 19.3. The highest BCUT2D eigenvalue weighted by Crippen LogP contribution is 2.28. The minimum Gasteiger partial charge on any atom is -0.497 e. The molecule has 0 unspecified atom stereocenters. The first kappa shape index (κ1) is 22.4. The fourth-order valence-corrected chi connectivity index (χ4v) is 4.11. The van der Waals surface area contributed by atoms with Crippen LogP contribution in [-0.4, -0.2) is 48.5 Å². The van der Waals surface area contributed by atoms with E-state index in [-0.39, 0.29) is 27.9 Å². The van der Waals surface area contributed by atoms with Crippen molar-refractivity contribution in [3.8, 4) is 28.5 Å². The number of carbonyl (C=O) groups is 1. The van der Waals surface area contributed by atoms with Gasteiger partial charge in [-0.05, 0) is 48.5 Å². The smallest absolute Gasteiger partial charge is 0.279 e. The number of thioether (sulfide) groups is 1. The topological polar surface area (TPSA) is 124 Å². The van der Waals surface area contributed by atoms with Crippen molar-refractivity contribution in [1.82, 2.24) is 29.9 Å². The molecule has 0 saturated carbocycles. The Kier molecular flexibility index (Phi) is 6.27. The fraction of sp³-hybridized carbons (Fsp3) is 0.0800. The highest BCUT2D eigenvalue weighted by molar-refractivity contribution is 7.99. The van der Waals surface area contributed by atoms with Gasteiger partial charge in [0.2, 0.25) is 0 Å². The quantitative estimate of drug-likeness (QED) is 0.209. The number of hydrogen-bond acceptors (Lipinski definition) is 9. The van der Waals surface area contributed by atoms with Gasteiger partial charge in [-0.3, -0.25) is 24.5 Å². The van der Waals surface area contributed by atoms with Crippen LogP contribution in [-0.2, 0) is 0 Å². The summed E-state index contributed by atoms with van der Waals surface area (Å²) in [4.78, 5) is 50.6. The number of pyridine rings is 2. The number of aromatic nitrogens is 6. The molecule has 0 aliphatic carbocycles. The van der Waals surface area contributed by atoms with Gasteiger partial charge >= 0.3 is 0 Å². The number of benzene rings is 1. The zero-order chi connectivity index (χ0) is 24.2. The van der Waals surface area contributed by atoms with Crippen LogP contribution in [0.25, 0.3) is 33.9 Å². The van der Waals surface area contributed by atoms with Crippen molar-refractivity contribution >= 4 is 28.7 Å². The van der Waals surface area contributed by atoms with Gasteiger partial charge in [-0.2, -0.15) is 0 Å². The maximum atomic E-state index is 12.9. The maximum Gasteiger partial charge on any atom is 0.279 e.